The molecule has 0 aliphatic carbocycles. The summed E-state index contributed by atoms with van der Waals surface area (Å²) in [5.41, 5.74) is 0. The van der Waals surface area contributed by atoms with Crippen molar-refractivity contribution in [2.45, 2.75) is 78.4 Å². The number of fused-ring (bicyclic) bond motifs is 1. The lowest BCUT2D eigenvalue weighted by Gasteiger charge is -2.24. The molecule has 19 heavy (non-hydrogen) atoms. The molecule has 1 aromatic rings. The van der Waals surface area contributed by atoms with Gasteiger partial charge in [0.1, 0.15) is 11.6 Å². The molecule has 0 fully saturated rings. The zero-order valence-electron chi connectivity index (χ0n) is 12.8. The van der Waals surface area contributed by atoms with Crippen molar-refractivity contribution in [2.24, 2.45) is 5.92 Å². The van der Waals surface area contributed by atoms with Crippen LogP contribution >= 0.6 is 0 Å². The van der Waals surface area contributed by atoms with E-state index in [9.17, 15) is 0 Å². The molecule has 0 spiro atoms. The van der Waals surface area contributed by atoms with E-state index in [-0.39, 0.29) is 6.04 Å². The van der Waals surface area contributed by atoms with E-state index in [0.717, 1.165) is 18.8 Å². The molecule has 0 aromatic carbocycles. The van der Waals surface area contributed by atoms with Gasteiger partial charge in [0.15, 0.2) is 0 Å². The first-order valence-corrected chi connectivity index (χ1v) is 7.81. The second-order valence-electron chi connectivity index (χ2n) is 6.00. The molecule has 108 valence electrons. The molecule has 3 unspecified atom stereocenters. The highest BCUT2D eigenvalue weighted by Gasteiger charge is 2.21. The van der Waals surface area contributed by atoms with Crippen LogP contribution in [0.4, 0.5) is 0 Å². The fourth-order valence-electron chi connectivity index (χ4n) is 2.81. The highest BCUT2D eigenvalue weighted by atomic mass is 15.3. The van der Waals surface area contributed by atoms with Crippen molar-refractivity contribution in [2.75, 3.05) is 0 Å². The molecule has 4 nitrogen and oxygen atoms in total. The molecule has 0 bridgehead atoms. The van der Waals surface area contributed by atoms with Gasteiger partial charge in [-0.25, -0.2) is 0 Å². The quantitative estimate of drug-likeness (QED) is 0.888. The van der Waals surface area contributed by atoms with Gasteiger partial charge < -0.3 is 9.88 Å². The van der Waals surface area contributed by atoms with Crippen LogP contribution in [-0.2, 0) is 13.0 Å². The fraction of sp³-hybridized carbons (Fsp3) is 0.867. The van der Waals surface area contributed by atoms with Crippen LogP contribution < -0.4 is 5.32 Å². The predicted octanol–water partition coefficient (Wildman–Crippen LogP) is 3.09. The van der Waals surface area contributed by atoms with Gasteiger partial charge >= 0.3 is 0 Å². The molecule has 2 rings (SSSR count). The molecule has 3 atom stereocenters. The van der Waals surface area contributed by atoms with Crippen LogP contribution in [0.15, 0.2) is 0 Å². The molecule has 2 heterocycles. The Labute approximate surface area is 117 Å². The number of nitrogens with one attached hydrogen (secondary N) is 1. The summed E-state index contributed by atoms with van der Waals surface area (Å²) in [4.78, 5) is 0. The minimum absolute atomic E-state index is 0.281. The molecule has 0 amide bonds. The van der Waals surface area contributed by atoms with Gasteiger partial charge in [-0.1, -0.05) is 26.7 Å². The van der Waals surface area contributed by atoms with Gasteiger partial charge in [0.25, 0.3) is 0 Å². The van der Waals surface area contributed by atoms with E-state index in [0.29, 0.717) is 12.0 Å². The summed E-state index contributed by atoms with van der Waals surface area (Å²) in [7, 11) is 0. The van der Waals surface area contributed by atoms with E-state index in [1.807, 2.05) is 0 Å². The van der Waals surface area contributed by atoms with E-state index in [4.69, 9.17) is 0 Å². The van der Waals surface area contributed by atoms with E-state index in [1.54, 1.807) is 0 Å². The van der Waals surface area contributed by atoms with E-state index < -0.39 is 0 Å². The average Bonchev–Trinajstić information content (AvgIpc) is 2.67. The number of hydrogen-bond donors (Lipinski definition) is 1. The molecule has 0 saturated carbocycles. The third-order valence-corrected chi connectivity index (χ3v) is 4.54. The molecule has 1 aliphatic rings. The first kappa shape index (κ1) is 14.5. The lowest BCUT2D eigenvalue weighted by molar-refractivity contribution is 0.348. The van der Waals surface area contributed by atoms with Crippen molar-refractivity contribution in [3.05, 3.63) is 11.6 Å². The maximum absolute atomic E-state index is 4.43. The topological polar surface area (TPSA) is 42.7 Å². The normalized spacial score (nSPS) is 20.4. The standard InChI is InChI=1S/C15H28N4/c1-5-11(2)12(3)16-13(4)15-18-17-14-9-7-6-8-10-19(14)15/h11-13,16H,5-10H2,1-4H3. The number of rotatable bonds is 5. The maximum Gasteiger partial charge on any atom is 0.149 e. The molecule has 1 aliphatic heterocycles. The van der Waals surface area contributed by atoms with E-state index in [2.05, 4.69) is 47.8 Å². The lowest BCUT2D eigenvalue weighted by Crippen LogP contribution is -2.35. The van der Waals surface area contributed by atoms with Crippen LogP contribution in [0.2, 0.25) is 0 Å². The van der Waals surface area contributed by atoms with Crippen LogP contribution in [0.3, 0.4) is 0 Å². The predicted molar refractivity (Wildman–Crippen MR) is 78.0 cm³/mol. The Morgan fingerprint density at radius 3 is 2.68 bits per heavy atom. The van der Waals surface area contributed by atoms with Crippen molar-refractivity contribution >= 4 is 0 Å². The second-order valence-corrected chi connectivity index (χ2v) is 6.00. The Hall–Kier alpha value is -0.900. The number of nitrogens with zero attached hydrogens (tertiary/aromatic N) is 3. The van der Waals surface area contributed by atoms with Crippen LogP contribution in [-0.4, -0.2) is 20.8 Å². The number of aromatic nitrogens is 3. The average molecular weight is 264 g/mol. The van der Waals surface area contributed by atoms with Gasteiger partial charge in [0, 0.05) is 19.0 Å². The highest BCUT2D eigenvalue weighted by molar-refractivity contribution is 5.02. The van der Waals surface area contributed by atoms with Crippen molar-refractivity contribution < 1.29 is 0 Å². The van der Waals surface area contributed by atoms with E-state index >= 15 is 0 Å². The summed E-state index contributed by atoms with van der Waals surface area (Å²) in [6.45, 7) is 10.1. The molecule has 4 heteroatoms. The van der Waals surface area contributed by atoms with Crippen molar-refractivity contribution in [3.8, 4) is 0 Å². The Morgan fingerprint density at radius 2 is 1.95 bits per heavy atom. The molecule has 1 N–H and O–H groups in total. The summed E-state index contributed by atoms with van der Waals surface area (Å²) in [6, 6.07) is 0.794. The largest absolute Gasteiger partial charge is 0.314 e. The molecular formula is C15H28N4. The minimum Gasteiger partial charge on any atom is -0.314 e. The van der Waals surface area contributed by atoms with Crippen LogP contribution in [0.1, 0.15) is 71.1 Å². The van der Waals surface area contributed by atoms with Gasteiger partial charge in [0.05, 0.1) is 6.04 Å². The summed E-state index contributed by atoms with van der Waals surface area (Å²) in [5, 5.41) is 12.5. The summed E-state index contributed by atoms with van der Waals surface area (Å²) < 4.78 is 2.34. The van der Waals surface area contributed by atoms with Crippen molar-refractivity contribution in [3.63, 3.8) is 0 Å². The summed E-state index contributed by atoms with van der Waals surface area (Å²) in [5.74, 6) is 2.98. The van der Waals surface area contributed by atoms with Crippen molar-refractivity contribution in [1.29, 1.82) is 0 Å². The van der Waals surface area contributed by atoms with Crippen LogP contribution in [0, 0.1) is 5.92 Å². The van der Waals surface area contributed by atoms with Gasteiger partial charge in [-0.3, -0.25) is 0 Å². The Bertz CT molecular complexity index is 399. The SMILES string of the molecule is CCC(C)C(C)NC(C)c1nnc2n1CCCCC2. The Morgan fingerprint density at radius 1 is 1.16 bits per heavy atom. The third-order valence-electron chi connectivity index (χ3n) is 4.54. The third kappa shape index (κ3) is 3.35. The molecule has 0 saturated heterocycles. The number of hydrogen-bond acceptors (Lipinski definition) is 3. The maximum atomic E-state index is 4.43. The molecule has 1 aromatic heterocycles. The van der Waals surface area contributed by atoms with Crippen molar-refractivity contribution in [1.82, 2.24) is 20.1 Å². The van der Waals surface area contributed by atoms with E-state index in [1.165, 1.54) is 31.5 Å². The van der Waals surface area contributed by atoms with Crippen LogP contribution in [0.5, 0.6) is 0 Å². The minimum atomic E-state index is 0.281. The van der Waals surface area contributed by atoms with Gasteiger partial charge in [-0.15, -0.1) is 10.2 Å². The smallest absolute Gasteiger partial charge is 0.149 e. The van der Waals surface area contributed by atoms with Gasteiger partial charge in [-0.05, 0) is 32.6 Å². The Kier molecular flexibility index (Phi) is 4.97. The summed E-state index contributed by atoms with van der Waals surface area (Å²) in [6.07, 6.45) is 6.11. The lowest BCUT2D eigenvalue weighted by atomic mass is 10.00. The zero-order valence-corrected chi connectivity index (χ0v) is 12.8. The van der Waals surface area contributed by atoms with Gasteiger partial charge in [0.2, 0.25) is 0 Å². The molecular weight excluding hydrogens is 236 g/mol. The first-order chi connectivity index (χ1) is 9.13. The summed E-state index contributed by atoms with van der Waals surface area (Å²) >= 11 is 0. The Balaban J connectivity index is 2.07. The monoisotopic (exact) mass is 264 g/mol. The van der Waals surface area contributed by atoms with Gasteiger partial charge in [-0.2, -0.15) is 0 Å². The first-order valence-electron chi connectivity index (χ1n) is 7.81. The number of aryl methyl sites for hydroxylation is 1. The fourth-order valence-corrected chi connectivity index (χ4v) is 2.81. The zero-order chi connectivity index (χ0) is 13.8. The highest BCUT2D eigenvalue weighted by Crippen LogP contribution is 2.20. The van der Waals surface area contributed by atoms with Crippen LogP contribution in [0.25, 0.3) is 0 Å². The molecule has 0 radical (unpaired) electrons. The second kappa shape index (κ2) is 6.51.